The summed E-state index contributed by atoms with van der Waals surface area (Å²) in [7, 11) is 0. The van der Waals surface area contributed by atoms with Crippen molar-refractivity contribution in [2.24, 2.45) is 0 Å². The van der Waals surface area contributed by atoms with Gasteiger partial charge in [0.25, 0.3) is 0 Å². The first-order valence-corrected chi connectivity index (χ1v) is 8.07. The number of benzene rings is 2. The highest BCUT2D eigenvalue weighted by Crippen LogP contribution is 2.36. The van der Waals surface area contributed by atoms with E-state index in [9.17, 15) is 0 Å². The average Bonchev–Trinajstić information content (AvgIpc) is 3.16. The third-order valence-corrected chi connectivity index (χ3v) is 4.87. The van der Waals surface area contributed by atoms with Gasteiger partial charge in [0.1, 0.15) is 0 Å². The maximum absolute atomic E-state index is 3.86. The number of allylic oxidation sites excluding steroid dienone is 4. The van der Waals surface area contributed by atoms with Crippen molar-refractivity contribution in [3.05, 3.63) is 89.0 Å². The monoisotopic (exact) mass is 284 g/mol. The molecule has 0 bridgehead atoms. The van der Waals surface area contributed by atoms with Crippen LogP contribution in [0.15, 0.2) is 61.2 Å². The van der Waals surface area contributed by atoms with Gasteiger partial charge in [-0.2, -0.15) is 0 Å². The standard InChI is InChI=1S/C22H20/c1-2-16-7-14-22-19(12-13-20(22)15-16)11-10-18-9-8-17-5-3-4-6-21(17)18/h2-7,9,12,14-15H,1,8,10-11,13H2. The SMILES string of the molecule is C=Cc1ccc2c(c1)CC=C2CCC1=CCc2ccccc21. The highest BCUT2D eigenvalue weighted by Gasteiger charge is 2.17. The van der Waals surface area contributed by atoms with Crippen LogP contribution in [0.1, 0.15) is 40.7 Å². The lowest BCUT2D eigenvalue weighted by atomic mass is 9.96. The van der Waals surface area contributed by atoms with Gasteiger partial charge in [0.15, 0.2) is 0 Å². The first kappa shape index (κ1) is 13.3. The van der Waals surface area contributed by atoms with Gasteiger partial charge in [-0.25, -0.2) is 0 Å². The molecule has 0 fully saturated rings. The van der Waals surface area contributed by atoms with Gasteiger partial charge in [-0.15, -0.1) is 0 Å². The Morgan fingerprint density at radius 3 is 2.27 bits per heavy atom. The Morgan fingerprint density at radius 2 is 1.50 bits per heavy atom. The van der Waals surface area contributed by atoms with Crippen molar-refractivity contribution >= 4 is 17.2 Å². The fourth-order valence-electron chi connectivity index (χ4n) is 3.66. The van der Waals surface area contributed by atoms with Crippen LogP contribution in [0.3, 0.4) is 0 Å². The molecule has 0 radical (unpaired) electrons. The van der Waals surface area contributed by atoms with Crippen LogP contribution >= 0.6 is 0 Å². The molecule has 0 atom stereocenters. The van der Waals surface area contributed by atoms with Crippen molar-refractivity contribution in [3.63, 3.8) is 0 Å². The summed E-state index contributed by atoms with van der Waals surface area (Å²) in [5.41, 5.74) is 10.1. The minimum absolute atomic E-state index is 1.07. The first-order valence-electron chi connectivity index (χ1n) is 8.07. The van der Waals surface area contributed by atoms with Crippen molar-refractivity contribution in [2.75, 3.05) is 0 Å². The van der Waals surface area contributed by atoms with Crippen molar-refractivity contribution in [1.82, 2.24) is 0 Å². The molecule has 0 aromatic heterocycles. The second kappa shape index (κ2) is 5.46. The molecule has 108 valence electrons. The van der Waals surface area contributed by atoms with Gasteiger partial charge in [0.05, 0.1) is 0 Å². The summed E-state index contributed by atoms with van der Waals surface area (Å²) < 4.78 is 0. The Balaban J connectivity index is 1.50. The van der Waals surface area contributed by atoms with Crippen molar-refractivity contribution < 1.29 is 0 Å². The van der Waals surface area contributed by atoms with E-state index in [4.69, 9.17) is 0 Å². The summed E-state index contributed by atoms with van der Waals surface area (Å²) in [6, 6.07) is 15.5. The average molecular weight is 284 g/mol. The van der Waals surface area contributed by atoms with E-state index in [1.807, 2.05) is 6.08 Å². The Morgan fingerprint density at radius 1 is 0.818 bits per heavy atom. The molecule has 0 spiro atoms. The van der Waals surface area contributed by atoms with Crippen LogP contribution in [0.5, 0.6) is 0 Å². The molecule has 0 amide bonds. The summed E-state index contributed by atoms with van der Waals surface area (Å²) in [5, 5.41) is 0. The Hall–Kier alpha value is -2.34. The maximum atomic E-state index is 3.86. The van der Waals surface area contributed by atoms with Gasteiger partial charge < -0.3 is 0 Å². The third-order valence-electron chi connectivity index (χ3n) is 4.87. The van der Waals surface area contributed by atoms with Gasteiger partial charge in [-0.05, 0) is 64.6 Å². The van der Waals surface area contributed by atoms with E-state index in [2.05, 4.69) is 61.2 Å². The normalized spacial score (nSPS) is 15.1. The minimum atomic E-state index is 1.07. The van der Waals surface area contributed by atoms with Crippen molar-refractivity contribution in [1.29, 1.82) is 0 Å². The largest absolute Gasteiger partial charge is 0.0985 e. The number of rotatable bonds is 4. The highest BCUT2D eigenvalue weighted by molar-refractivity contribution is 5.78. The number of hydrogen-bond donors (Lipinski definition) is 0. The smallest absolute Gasteiger partial charge is 0.00851 e. The zero-order valence-electron chi connectivity index (χ0n) is 12.8. The Labute approximate surface area is 132 Å². The molecule has 2 aliphatic carbocycles. The molecule has 0 heteroatoms. The van der Waals surface area contributed by atoms with E-state index in [1.165, 1.54) is 39.0 Å². The molecule has 0 saturated heterocycles. The van der Waals surface area contributed by atoms with Gasteiger partial charge in [0, 0.05) is 0 Å². The van der Waals surface area contributed by atoms with Crippen LogP contribution in [-0.2, 0) is 12.8 Å². The van der Waals surface area contributed by atoms with Crippen LogP contribution in [0, 0.1) is 0 Å². The molecular formula is C22H20. The Bertz CT molecular complexity index is 803. The predicted octanol–water partition coefficient (Wildman–Crippen LogP) is 5.69. The van der Waals surface area contributed by atoms with Crippen LogP contribution in [0.25, 0.3) is 17.2 Å². The molecule has 0 saturated carbocycles. The topological polar surface area (TPSA) is 0 Å². The molecule has 2 aromatic carbocycles. The second-order valence-electron chi connectivity index (χ2n) is 6.14. The summed E-state index contributed by atoms with van der Waals surface area (Å²) >= 11 is 0. The van der Waals surface area contributed by atoms with E-state index >= 15 is 0 Å². The quantitative estimate of drug-likeness (QED) is 0.676. The number of hydrogen-bond acceptors (Lipinski definition) is 0. The van der Waals surface area contributed by atoms with Gasteiger partial charge >= 0.3 is 0 Å². The van der Waals surface area contributed by atoms with Crippen molar-refractivity contribution in [2.45, 2.75) is 25.7 Å². The molecule has 0 N–H and O–H groups in total. The summed E-state index contributed by atoms with van der Waals surface area (Å²) in [4.78, 5) is 0. The molecule has 0 heterocycles. The van der Waals surface area contributed by atoms with E-state index < -0.39 is 0 Å². The van der Waals surface area contributed by atoms with Crippen LogP contribution in [0.2, 0.25) is 0 Å². The predicted molar refractivity (Wildman–Crippen MR) is 95.6 cm³/mol. The van der Waals surface area contributed by atoms with Crippen LogP contribution in [0.4, 0.5) is 0 Å². The summed E-state index contributed by atoms with van der Waals surface area (Å²) in [6.07, 6.45) is 11.2. The van der Waals surface area contributed by atoms with E-state index in [-0.39, 0.29) is 0 Å². The molecule has 22 heavy (non-hydrogen) atoms. The lowest BCUT2D eigenvalue weighted by Gasteiger charge is -2.09. The second-order valence-corrected chi connectivity index (χ2v) is 6.14. The van der Waals surface area contributed by atoms with Gasteiger partial charge in [-0.3, -0.25) is 0 Å². The highest BCUT2D eigenvalue weighted by atomic mass is 14.2. The molecule has 4 rings (SSSR count). The van der Waals surface area contributed by atoms with Crippen LogP contribution in [-0.4, -0.2) is 0 Å². The van der Waals surface area contributed by atoms with Crippen LogP contribution < -0.4 is 0 Å². The van der Waals surface area contributed by atoms with E-state index in [0.717, 1.165) is 25.7 Å². The maximum Gasteiger partial charge on any atom is -0.00851 e. The molecule has 2 aromatic rings. The van der Waals surface area contributed by atoms with E-state index in [0.29, 0.717) is 0 Å². The molecular weight excluding hydrogens is 264 g/mol. The fraction of sp³-hybridized carbons (Fsp3) is 0.182. The minimum Gasteiger partial charge on any atom is -0.0985 e. The molecule has 2 aliphatic rings. The molecule has 0 aliphatic heterocycles. The summed E-state index contributed by atoms with van der Waals surface area (Å²) in [5.74, 6) is 0. The first-order chi connectivity index (χ1) is 10.8. The fourth-order valence-corrected chi connectivity index (χ4v) is 3.66. The summed E-state index contributed by atoms with van der Waals surface area (Å²) in [6.45, 7) is 3.86. The van der Waals surface area contributed by atoms with E-state index in [1.54, 1.807) is 0 Å². The van der Waals surface area contributed by atoms with Gasteiger partial charge in [0.2, 0.25) is 0 Å². The zero-order valence-corrected chi connectivity index (χ0v) is 12.8. The van der Waals surface area contributed by atoms with Crippen molar-refractivity contribution in [3.8, 4) is 0 Å². The lowest BCUT2D eigenvalue weighted by Crippen LogP contribution is -1.88. The Kier molecular flexibility index (Phi) is 3.31. The molecule has 0 unspecified atom stereocenters. The number of fused-ring (bicyclic) bond motifs is 2. The lowest BCUT2D eigenvalue weighted by molar-refractivity contribution is 1.09. The third kappa shape index (κ3) is 2.25. The molecule has 0 nitrogen and oxygen atoms in total. The zero-order chi connectivity index (χ0) is 14.9. The van der Waals surface area contributed by atoms with Gasteiger partial charge in [-0.1, -0.05) is 67.3 Å².